The van der Waals surface area contributed by atoms with Gasteiger partial charge < -0.3 is 20.7 Å². The molecule has 0 aliphatic carbocycles. The highest BCUT2D eigenvalue weighted by molar-refractivity contribution is 14.0. The molecule has 7 heteroatoms. The molecule has 0 aromatic carbocycles. The first kappa shape index (κ1) is 25.7. The lowest BCUT2D eigenvalue weighted by molar-refractivity contribution is -0.119. The van der Waals surface area contributed by atoms with Crippen LogP contribution in [0.3, 0.4) is 0 Å². The fraction of sp³-hybridized carbons (Fsp3) is 0.882. The quantitative estimate of drug-likeness (QED) is 0.172. The van der Waals surface area contributed by atoms with Crippen LogP contribution in [0.25, 0.3) is 0 Å². The minimum Gasteiger partial charge on any atom is -0.383 e. The van der Waals surface area contributed by atoms with Gasteiger partial charge in [-0.3, -0.25) is 4.79 Å². The SMILES string of the molecule is CCNC(=NCC(=O)NCCOC)NCCCCCCC(C)C.I. The molecule has 0 unspecified atom stereocenters. The third kappa shape index (κ3) is 17.8. The van der Waals surface area contributed by atoms with E-state index in [-0.39, 0.29) is 36.4 Å². The van der Waals surface area contributed by atoms with Gasteiger partial charge in [-0.1, -0.05) is 39.5 Å². The van der Waals surface area contributed by atoms with Gasteiger partial charge in [-0.15, -0.1) is 24.0 Å². The van der Waals surface area contributed by atoms with E-state index in [4.69, 9.17) is 4.74 Å². The lowest BCUT2D eigenvalue weighted by Crippen LogP contribution is -2.39. The van der Waals surface area contributed by atoms with Crippen LogP contribution in [-0.4, -0.2) is 51.8 Å². The van der Waals surface area contributed by atoms with Crippen molar-refractivity contribution in [2.24, 2.45) is 10.9 Å². The van der Waals surface area contributed by atoms with E-state index >= 15 is 0 Å². The van der Waals surface area contributed by atoms with Gasteiger partial charge in [0.25, 0.3) is 0 Å². The molecule has 0 bridgehead atoms. The first-order valence-electron chi connectivity index (χ1n) is 8.88. The summed E-state index contributed by atoms with van der Waals surface area (Å²) in [5.41, 5.74) is 0. The molecule has 0 spiro atoms. The number of hydrogen-bond donors (Lipinski definition) is 3. The number of halogens is 1. The predicted octanol–water partition coefficient (Wildman–Crippen LogP) is 2.53. The Morgan fingerprint density at radius 3 is 2.38 bits per heavy atom. The molecular weight excluding hydrogens is 419 g/mol. The van der Waals surface area contributed by atoms with Crippen molar-refractivity contribution in [3.05, 3.63) is 0 Å². The molecule has 3 N–H and O–H groups in total. The molecule has 0 fully saturated rings. The van der Waals surface area contributed by atoms with Crippen molar-refractivity contribution < 1.29 is 9.53 Å². The average Bonchev–Trinajstić information content (AvgIpc) is 2.51. The number of aliphatic imine (C=N–C) groups is 1. The van der Waals surface area contributed by atoms with E-state index in [1.54, 1.807) is 7.11 Å². The Morgan fingerprint density at radius 2 is 1.75 bits per heavy atom. The van der Waals surface area contributed by atoms with Crippen LogP contribution in [0.2, 0.25) is 0 Å². The molecule has 0 saturated carbocycles. The molecule has 1 amide bonds. The number of unbranched alkanes of at least 4 members (excludes halogenated alkanes) is 3. The zero-order valence-corrected chi connectivity index (χ0v) is 18.2. The number of nitrogens with zero attached hydrogens (tertiary/aromatic N) is 1. The van der Waals surface area contributed by atoms with Gasteiger partial charge in [-0.05, 0) is 19.3 Å². The molecule has 0 rings (SSSR count). The topological polar surface area (TPSA) is 74.8 Å². The number of carbonyl (C=O) groups is 1. The first-order chi connectivity index (χ1) is 11.1. The van der Waals surface area contributed by atoms with E-state index in [0.717, 1.165) is 25.4 Å². The molecule has 144 valence electrons. The molecule has 6 nitrogen and oxygen atoms in total. The van der Waals surface area contributed by atoms with Crippen molar-refractivity contribution in [2.45, 2.75) is 52.9 Å². The maximum Gasteiger partial charge on any atom is 0.241 e. The molecule has 0 heterocycles. The maximum absolute atomic E-state index is 11.6. The summed E-state index contributed by atoms with van der Waals surface area (Å²) in [4.78, 5) is 15.9. The van der Waals surface area contributed by atoms with E-state index in [1.165, 1.54) is 25.7 Å². The molecule has 0 aromatic rings. The van der Waals surface area contributed by atoms with E-state index < -0.39 is 0 Å². The van der Waals surface area contributed by atoms with Crippen molar-refractivity contribution in [1.82, 2.24) is 16.0 Å². The molecule has 0 saturated heterocycles. The normalized spacial score (nSPS) is 11.1. The minimum absolute atomic E-state index is 0. The second-order valence-electron chi connectivity index (χ2n) is 6.06. The maximum atomic E-state index is 11.6. The zero-order valence-electron chi connectivity index (χ0n) is 15.8. The molecule has 0 radical (unpaired) electrons. The van der Waals surface area contributed by atoms with Crippen molar-refractivity contribution in [3.63, 3.8) is 0 Å². The molecule has 24 heavy (non-hydrogen) atoms. The molecule has 0 aromatic heterocycles. The largest absolute Gasteiger partial charge is 0.383 e. The van der Waals surface area contributed by atoms with Gasteiger partial charge in [-0.2, -0.15) is 0 Å². The summed E-state index contributed by atoms with van der Waals surface area (Å²) >= 11 is 0. The molecular formula is C17H37IN4O2. The summed E-state index contributed by atoms with van der Waals surface area (Å²) in [6, 6.07) is 0. The van der Waals surface area contributed by atoms with Crippen molar-refractivity contribution in [2.75, 3.05) is 39.9 Å². The van der Waals surface area contributed by atoms with Crippen LogP contribution in [0.4, 0.5) is 0 Å². The number of methoxy groups -OCH3 is 1. The Morgan fingerprint density at radius 1 is 1.04 bits per heavy atom. The summed E-state index contributed by atoms with van der Waals surface area (Å²) in [5, 5.41) is 9.19. The summed E-state index contributed by atoms with van der Waals surface area (Å²) in [7, 11) is 1.61. The van der Waals surface area contributed by atoms with E-state index in [0.29, 0.717) is 19.1 Å². The second-order valence-corrected chi connectivity index (χ2v) is 6.06. The Hall–Kier alpha value is -0.570. The number of guanidine groups is 1. The number of hydrogen-bond acceptors (Lipinski definition) is 3. The number of nitrogens with one attached hydrogen (secondary N) is 3. The Kier molecular flexibility index (Phi) is 20.1. The van der Waals surface area contributed by atoms with Gasteiger partial charge in [0.2, 0.25) is 5.91 Å². The van der Waals surface area contributed by atoms with E-state index in [1.807, 2.05) is 6.92 Å². The van der Waals surface area contributed by atoms with Crippen LogP contribution < -0.4 is 16.0 Å². The highest BCUT2D eigenvalue weighted by atomic mass is 127. The Bertz CT molecular complexity index is 326. The van der Waals surface area contributed by atoms with Gasteiger partial charge in [0.1, 0.15) is 6.54 Å². The van der Waals surface area contributed by atoms with Gasteiger partial charge in [0.15, 0.2) is 5.96 Å². The second kappa shape index (κ2) is 18.8. The van der Waals surface area contributed by atoms with Gasteiger partial charge in [0.05, 0.1) is 6.61 Å². The van der Waals surface area contributed by atoms with Crippen LogP contribution >= 0.6 is 24.0 Å². The van der Waals surface area contributed by atoms with Crippen LogP contribution in [0.15, 0.2) is 4.99 Å². The van der Waals surface area contributed by atoms with Gasteiger partial charge >= 0.3 is 0 Å². The Balaban J connectivity index is 0. The summed E-state index contributed by atoms with van der Waals surface area (Å²) in [5.74, 6) is 1.42. The summed E-state index contributed by atoms with van der Waals surface area (Å²) in [6.07, 6.45) is 6.28. The van der Waals surface area contributed by atoms with Crippen LogP contribution in [0, 0.1) is 5.92 Å². The molecule has 0 atom stereocenters. The zero-order chi connectivity index (χ0) is 17.3. The third-order valence-electron chi connectivity index (χ3n) is 3.35. The third-order valence-corrected chi connectivity index (χ3v) is 3.35. The fourth-order valence-electron chi connectivity index (χ4n) is 2.08. The average molecular weight is 456 g/mol. The fourth-order valence-corrected chi connectivity index (χ4v) is 2.08. The first-order valence-corrected chi connectivity index (χ1v) is 8.88. The highest BCUT2D eigenvalue weighted by Gasteiger charge is 2.01. The standard InChI is InChI=1S/C17H36N4O2.HI/c1-5-18-17(21-14-16(22)19-12-13-23-4)20-11-9-7-6-8-10-15(2)3;/h15H,5-14H2,1-4H3,(H,19,22)(H2,18,20,21);1H. The van der Waals surface area contributed by atoms with Crippen LogP contribution in [0.1, 0.15) is 52.9 Å². The van der Waals surface area contributed by atoms with E-state index in [2.05, 4.69) is 34.8 Å². The van der Waals surface area contributed by atoms with E-state index in [9.17, 15) is 4.79 Å². The highest BCUT2D eigenvalue weighted by Crippen LogP contribution is 2.08. The van der Waals surface area contributed by atoms with Crippen LogP contribution in [-0.2, 0) is 9.53 Å². The predicted molar refractivity (Wildman–Crippen MR) is 112 cm³/mol. The number of ether oxygens (including phenoxy) is 1. The van der Waals surface area contributed by atoms with Gasteiger partial charge in [0, 0.05) is 26.7 Å². The molecule has 0 aliphatic rings. The van der Waals surface area contributed by atoms with Crippen LogP contribution in [0.5, 0.6) is 0 Å². The van der Waals surface area contributed by atoms with Gasteiger partial charge in [-0.25, -0.2) is 4.99 Å². The molecule has 0 aliphatic heterocycles. The summed E-state index contributed by atoms with van der Waals surface area (Å²) in [6.45, 7) is 9.40. The minimum atomic E-state index is -0.0899. The number of rotatable bonds is 13. The lowest BCUT2D eigenvalue weighted by atomic mass is 10.0. The number of amides is 1. The summed E-state index contributed by atoms with van der Waals surface area (Å²) < 4.78 is 4.89. The smallest absolute Gasteiger partial charge is 0.241 e. The monoisotopic (exact) mass is 456 g/mol. The van der Waals surface area contributed by atoms with Crippen molar-refractivity contribution in [3.8, 4) is 0 Å². The van der Waals surface area contributed by atoms with Crippen molar-refractivity contribution >= 4 is 35.8 Å². The Labute approximate surface area is 165 Å². The van der Waals surface area contributed by atoms with Crippen molar-refractivity contribution in [1.29, 1.82) is 0 Å². The lowest BCUT2D eigenvalue weighted by Gasteiger charge is -2.11. The number of carbonyl (C=O) groups excluding carboxylic acids is 1.